The molecule has 17 heavy (non-hydrogen) atoms. The molecule has 0 fully saturated rings. The number of rotatable bonds is 1. The van der Waals surface area contributed by atoms with Crippen molar-refractivity contribution in [2.75, 3.05) is 13.1 Å². The van der Waals surface area contributed by atoms with Crippen LogP contribution in [0.5, 0.6) is 0 Å². The minimum Gasteiger partial charge on any atom is -0.334 e. The van der Waals surface area contributed by atoms with Crippen LogP contribution in [0.15, 0.2) is 29.8 Å². The molecule has 0 atom stereocenters. The summed E-state index contributed by atoms with van der Waals surface area (Å²) in [6.07, 6.45) is 2.91. The van der Waals surface area contributed by atoms with Gasteiger partial charge in [0.15, 0.2) is 0 Å². The molecule has 0 spiro atoms. The Kier molecular flexibility index (Phi) is 3.48. The van der Waals surface area contributed by atoms with Gasteiger partial charge in [-0.15, -0.1) is 0 Å². The molecule has 2 rings (SSSR count). The van der Waals surface area contributed by atoms with E-state index < -0.39 is 5.82 Å². The smallest absolute Gasteiger partial charge is 0.257 e. The third-order valence-corrected chi connectivity index (χ3v) is 3.01. The maximum Gasteiger partial charge on any atom is 0.257 e. The molecule has 90 valence electrons. The maximum absolute atomic E-state index is 13.6. The monoisotopic (exact) mass is 253 g/mol. The minimum absolute atomic E-state index is 0.0483. The second-order valence-electron chi connectivity index (χ2n) is 4.19. The number of amides is 1. The average Bonchev–Trinajstić information content (AvgIpc) is 2.31. The van der Waals surface area contributed by atoms with Gasteiger partial charge in [0.05, 0.1) is 5.56 Å². The van der Waals surface area contributed by atoms with E-state index in [0.29, 0.717) is 18.1 Å². The highest BCUT2D eigenvalue weighted by Gasteiger charge is 2.21. The van der Waals surface area contributed by atoms with Crippen LogP contribution in [-0.4, -0.2) is 23.9 Å². The van der Waals surface area contributed by atoms with E-state index in [1.54, 1.807) is 4.90 Å². The summed E-state index contributed by atoms with van der Waals surface area (Å²) in [5.74, 6) is -0.816. The van der Waals surface area contributed by atoms with Gasteiger partial charge >= 0.3 is 0 Å². The zero-order chi connectivity index (χ0) is 12.4. The number of hydrogen-bond donors (Lipinski definition) is 0. The molecule has 1 amide bonds. The second kappa shape index (κ2) is 4.88. The van der Waals surface area contributed by atoms with E-state index in [2.05, 4.69) is 6.08 Å². The average molecular weight is 254 g/mol. The Bertz CT molecular complexity index is 484. The lowest BCUT2D eigenvalue weighted by Crippen LogP contribution is -2.35. The van der Waals surface area contributed by atoms with E-state index in [1.807, 2.05) is 6.92 Å². The summed E-state index contributed by atoms with van der Waals surface area (Å²) < 4.78 is 13.6. The standard InChI is InChI=1S/C13H13ClFNO/c1-9-3-2-6-16(8-9)13(17)11-7-10(14)4-5-12(11)15/h3-5,7H,2,6,8H2,1H3. The molecule has 0 aliphatic carbocycles. The highest BCUT2D eigenvalue weighted by Crippen LogP contribution is 2.19. The Morgan fingerprint density at radius 1 is 1.47 bits per heavy atom. The number of carbonyl (C=O) groups excluding carboxylic acids is 1. The number of halogens is 2. The maximum atomic E-state index is 13.6. The van der Waals surface area contributed by atoms with E-state index in [4.69, 9.17) is 11.6 Å². The summed E-state index contributed by atoms with van der Waals surface area (Å²) in [6, 6.07) is 4.05. The van der Waals surface area contributed by atoms with Crippen LogP contribution in [0.4, 0.5) is 4.39 Å². The highest BCUT2D eigenvalue weighted by molar-refractivity contribution is 6.31. The summed E-state index contributed by atoms with van der Waals surface area (Å²) in [5, 5.41) is 0.374. The van der Waals surface area contributed by atoms with Crippen molar-refractivity contribution in [2.24, 2.45) is 0 Å². The van der Waals surface area contributed by atoms with Gasteiger partial charge in [0, 0.05) is 18.1 Å². The zero-order valence-corrected chi connectivity index (χ0v) is 10.3. The topological polar surface area (TPSA) is 20.3 Å². The summed E-state index contributed by atoms with van der Waals surface area (Å²) in [4.78, 5) is 13.8. The fourth-order valence-electron chi connectivity index (χ4n) is 1.92. The van der Waals surface area contributed by atoms with Gasteiger partial charge in [-0.3, -0.25) is 4.79 Å². The van der Waals surface area contributed by atoms with Gasteiger partial charge in [-0.2, -0.15) is 0 Å². The van der Waals surface area contributed by atoms with Crippen LogP contribution < -0.4 is 0 Å². The van der Waals surface area contributed by atoms with Gasteiger partial charge in [-0.05, 0) is 31.5 Å². The van der Waals surface area contributed by atoms with E-state index >= 15 is 0 Å². The van der Waals surface area contributed by atoms with Crippen LogP contribution in [0.3, 0.4) is 0 Å². The molecule has 1 aliphatic heterocycles. The molecule has 1 heterocycles. The lowest BCUT2D eigenvalue weighted by Gasteiger charge is -2.26. The van der Waals surface area contributed by atoms with Crippen molar-refractivity contribution < 1.29 is 9.18 Å². The SMILES string of the molecule is CC1=CCCN(C(=O)c2cc(Cl)ccc2F)C1. The van der Waals surface area contributed by atoms with Crippen molar-refractivity contribution >= 4 is 17.5 Å². The number of benzene rings is 1. The van der Waals surface area contributed by atoms with Crippen LogP contribution in [0, 0.1) is 5.82 Å². The first-order valence-corrected chi connectivity index (χ1v) is 5.85. The quantitative estimate of drug-likeness (QED) is 0.704. The third-order valence-electron chi connectivity index (χ3n) is 2.78. The van der Waals surface area contributed by atoms with Crippen molar-refractivity contribution in [1.29, 1.82) is 0 Å². The largest absolute Gasteiger partial charge is 0.334 e. The lowest BCUT2D eigenvalue weighted by atomic mass is 10.1. The van der Waals surface area contributed by atoms with Crippen LogP contribution in [0.25, 0.3) is 0 Å². The second-order valence-corrected chi connectivity index (χ2v) is 4.63. The molecule has 1 aromatic rings. The van der Waals surface area contributed by atoms with E-state index in [1.165, 1.54) is 18.2 Å². The van der Waals surface area contributed by atoms with Crippen molar-refractivity contribution in [3.05, 3.63) is 46.3 Å². The van der Waals surface area contributed by atoms with Gasteiger partial charge in [0.1, 0.15) is 5.82 Å². The molecule has 1 aliphatic rings. The molecular weight excluding hydrogens is 241 g/mol. The summed E-state index contributed by atoms with van der Waals surface area (Å²) in [6.45, 7) is 3.15. The molecule has 0 bridgehead atoms. The van der Waals surface area contributed by atoms with E-state index in [-0.39, 0.29) is 11.5 Å². The summed E-state index contributed by atoms with van der Waals surface area (Å²) >= 11 is 5.78. The first-order valence-electron chi connectivity index (χ1n) is 5.48. The molecule has 4 heteroatoms. The highest BCUT2D eigenvalue weighted by atomic mass is 35.5. The molecule has 0 unspecified atom stereocenters. The first kappa shape index (κ1) is 12.1. The Hall–Kier alpha value is -1.35. The van der Waals surface area contributed by atoms with E-state index in [0.717, 1.165) is 12.0 Å². The van der Waals surface area contributed by atoms with Crippen molar-refractivity contribution in [2.45, 2.75) is 13.3 Å². The van der Waals surface area contributed by atoms with Gasteiger partial charge in [0.2, 0.25) is 0 Å². The molecule has 0 radical (unpaired) electrons. The van der Waals surface area contributed by atoms with Crippen LogP contribution in [0.2, 0.25) is 5.02 Å². The van der Waals surface area contributed by atoms with Crippen molar-refractivity contribution in [1.82, 2.24) is 4.90 Å². The fraction of sp³-hybridized carbons (Fsp3) is 0.308. The van der Waals surface area contributed by atoms with Gasteiger partial charge in [0.25, 0.3) is 5.91 Å². The molecule has 0 aromatic heterocycles. The van der Waals surface area contributed by atoms with Crippen LogP contribution in [-0.2, 0) is 0 Å². The molecule has 0 N–H and O–H groups in total. The minimum atomic E-state index is -0.522. The predicted molar refractivity (Wildman–Crippen MR) is 65.7 cm³/mol. The summed E-state index contributed by atoms with van der Waals surface area (Å²) in [5.41, 5.74) is 1.18. The molecule has 2 nitrogen and oxygen atoms in total. The molecule has 1 aromatic carbocycles. The van der Waals surface area contributed by atoms with Gasteiger partial charge < -0.3 is 4.90 Å². The normalized spacial score (nSPS) is 15.7. The van der Waals surface area contributed by atoms with Crippen molar-refractivity contribution in [3.8, 4) is 0 Å². The number of hydrogen-bond acceptors (Lipinski definition) is 1. The Morgan fingerprint density at radius 2 is 2.24 bits per heavy atom. The number of carbonyl (C=O) groups is 1. The summed E-state index contributed by atoms with van der Waals surface area (Å²) in [7, 11) is 0. The lowest BCUT2D eigenvalue weighted by molar-refractivity contribution is 0.0761. The van der Waals surface area contributed by atoms with E-state index in [9.17, 15) is 9.18 Å². The molecular formula is C13H13ClFNO. The van der Waals surface area contributed by atoms with Crippen molar-refractivity contribution in [3.63, 3.8) is 0 Å². The third kappa shape index (κ3) is 2.67. The van der Waals surface area contributed by atoms with Gasteiger partial charge in [-0.1, -0.05) is 23.3 Å². The van der Waals surface area contributed by atoms with Crippen LogP contribution >= 0.6 is 11.6 Å². The molecule has 0 saturated heterocycles. The Balaban J connectivity index is 2.25. The van der Waals surface area contributed by atoms with Gasteiger partial charge in [-0.25, -0.2) is 4.39 Å². The predicted octanol–water partition coefficient (Wildman–Crippen LogP) is 3.27. The Morgan fingerprint density at radius 3 is 2.94 bits per heavy atom. The van der Waals surface area contributed by atoms with Crippen LogP contribution in [0.1, 0.15) is 23.7 Å². The first-order chi connectivity index (χ1) is 8.08. The molecule has 0 saturated carbocycles. The zero-order valence-electron chi connectivity index (χ0n) is 9.54. The number of nitrogens with zero attached hydrogens (tertiary/aromatic N) is 1. The Labute approximate surface area is 105 Å². The fourth-order valence-corrected chi connectivity index (χ4v) is 2.09.